The van der Waals surface area contributed by atoms with Crippen molar-refractivity contribution in [2.24, 2.45) is 11.3 Å². The van der Waals surface area contributed by atoms with Crippen LogP contribution in [0.4, 0.5) is 0 Å². The first-order valence-electron chi connectivity index (χ1n) is 20.5. The molecule has 0 aromatic heterocycles. The normalized spacial score (nSPS) is 11.7. The zero-order valence-electron chi connectivity index (χ0n) is 35.5. The lowest BCUT2D eigenvalue weighted by molar-refractivity contribution is -0.184. The third kappa shape index (κ3) is 10.8. The van der Waals surface area contributed by atoms with Gasteiger partial charge in [-0.15, -0.1) is 0 Å². The van der Waals surface area contributed by atoms with E-state index in [1.54, 1.807) is 0 Å². The molecule has 1 unspecified atom stereocenters. The molecule has 0 aliphatic heterocycles. The number of carboxylic acids is 8. The molecule has 1 atom stereocenters. The lowest BCUT2D eigenvalue weighted by atomic mass is 9.50. The van der Waals surface area contributed by atoms with E-state index in [9.17, 15) is 88.8 Å². The molecule has 0 fully saturated rings. The van der Waals surface area contributed by atoms with Crippen molar-refractivity contribution in [1.82, 2.24) is 0 Å². The minimum Gasteiger partial charge on any atom is -0.481 e. The molecule has 4 aromatic carbocycles. The van der Waals surface area contributed by atoms with Crippen molar-refractivity contribution >= 4 is 59.7 Å². The number of rotatable bonds is 25. The minimum absolute atomic E-state index is 0.0465. The number of aromatic carboxylic acids is 4. The van der Waals surface area contributed by atoms with E-state index in [4.69, 9.17) is 9.47 Å². The molecule has 20 heteroatoms. The van der Waals surface area contributed by atoms with E-state index in [0.717, 1.165) is 117 Å². The maximum Gasteiger partial charge on any atom is 0.343 e. The average molecular weight is 929 g/mol. The first-order valence-corrected chi connectivity index (χ1v) is 20.5. The molecule has 0 spiro atoms. The molecule has 0 radical (unpaired) electrons. The maximum absolute atomic E-state index is 13.6. The van der Waals surface area contributed by atoms with Gasteiger partial charge in [0.1, 0.15) is 11.5 Å². The Labute approximate surface area is 379 Å². The largest absolute Gasteiger partial charge is 0.481 e. The first kappa shape index (κ1) is 51.2. The fourth-order valence-electron chi connectivity index (χ4n) is 8.02. The van der Waals surface area contributed by atoms with Gasteiger partial charge >= 0.3 is 59.7 Å². The number of ether oxygens (including phenoxy) is 2. The van der Waals surface area contributed by atoms with Gasteiger partial charge in [-0.2, -0.15) is 0 Å². The van der Waals surface area contributed by atoms with Gasteiger partial charge in [-0.1, -0.05) is 82.6 Å². The quantitative estimate of drug-likeness (QED) is 0.0149. The Hall–Kier alpha value is -8.42. The summed E-state index contributed by atoms with van der Waals surface area (Å²) in [6.45, 7) is 2.04. The number of unbranched alkanes of at least 4 members (excludes halogenated alkanes) is 7. The fraction of sp³-hybridized carbons (Fsp3) is 0.277. The van der Waals surface area contributed by atoms with Gasteiger partial charge in [0.15, 0.2) is 0 Å². The van der Waals surface area contributed by atoms with Crippen molar-refractivity contribution in [3.8, 4) is 11.5 Å². The van der Waals surface area contributed by atoms with Crippen LogP contribution in [0.15, 0.2) is 84.9 Å². The van der Waals surface area contributed by atoms with Gasteiger partial charge in [-0.3, -0.25) is 19.2 Å². The number of aliphatic carboxylic acids is 4. The molecule has 0 saturated heterocycles. The van der Waals surface area contributed by atoms with Crippen molar-refractivity contribution in [3.05, 3.63) is 129 Å². The number of hydrogen-bond acceptors (Lipinski definition) is 12. The third-order valence-electron chi connectivity index (χ3n) is 11.2. The molecule has 20 nitrogen and oxygen atoms in total. The summed E-state index contributed by atoms with van der Waals surface area (Å²) in [5.74, 6) is -21.2. The zero-order valence-corrected chi connectivity index (χ0v) is 35.5. The molecular weight excluding hydrogens is 884 g/mol. The van der Waals surface area contributed by atoms with Crippen molar-refractivity contribution < 1.29 is 98.3 Å². The van der Waals surface area contributed by atoms with E-state index in [1.165, 1.54) is 0 Å². The number of carbonyl (C=O) groups is 10. The smallest absolute Gasteiger partial charge is 0.343 e. The summed E-state index contributed by atoms with van der Waals surface area (Å²) in [5.41, 5.74) is -11.9. The molecule has 8 N–H and O–H groups in total. The van der Waals surface area contributed by atoms with Crippen LogP contribution in [0.3, 0.4) is 0 Å². The second-order valence-electron chi connectivity index (χ2n) is 15.2. The summed E-state index contributed by atoms with van der Waals surface area (Å²) >= 11 is 0. The zero-order chi connectivity index (χ0) is 49.8. The van der Waals surface area contributed by atoms with Crippen molar-refractivity contribution in [3.63, 3.8) is 0 Å². The Morgan fingerprint density at radius 2 is 0.791 bits per heavy atom. The second-order valence-corrected chi connectivity index (χ2v) is 15.2. The van der Waals surface area contributed by atoms with E-state index in [-0.39, 0.29) is 17.9 Å². The highest BCUT2D eigenvalue weighted by Gasteiger charge is 2.73. The second kappa shape index (κ2) is 22.0. The van der Waals surface area contributed by atoms with E-state index in [0.29, 0.717) is 12.8 Å². The predicted molar refractivity (Wildman–Crippen MR) is 228 cm³/mol. The lowest BCUT2D eigenvalue weighted by Crippen LogP contribution is -2.65. The van der Waals surface area contributed by atoms with Crippen LogP contribution < -0.4 is 9.47 Å². The average Bonchev–Trinajstić information content (AvgIpc) is 3.27. The van der Waals surface area contributed by atoms with Gasteiger partial charge in [0.05, 0.1) is 44.7 Å². The molecule has 0 aliphatic carbocycles. The van der Waals surface area contributed by atoms with Crippen molar-refractivity contribution in [1.29, 1.82) is 0 Å². The van der Waals surface area contributed by atoms with Gasteiger partial charge in [-0.05, 0) is 78.2 Å². The predicted octanol–water partition coefficient (Wildman–Crippen LogP) is 6.68. The van der Waals surface area contributed by atoms with Crippen LogP contribution >= 0.6 is 0 Å². The Morgan fingerprint density at radius 3 is 1.10 bits per heavy atom. The van der Waals surface area contributed by atoms with Crippen LogP contribution in [-0.4, -0.2) is 101 Å². The molecule has 0 heterocycles. The van der Waals surface area contributed by atoms with Gasteiger partial charge in [0, 0.05) is 0 Å². The van der Waals surface area contributed by atoms with Crippen LogP contribution in [-0.2, 0) is 24.6 Å². The highest BCUT2D eigenvalue weighted by molar-refractivity contribution is 6.19. The summed E-state index contributed by atoms with van der Waals surface area (Å²) in [4.78, 5) is 127. The van der Waals surface area contributed by atoms with E-state index in [1.807, 2.05) is 6.92 Å². The third-order valence-corrected chi connectivity index (χ3v) is 11.2. The molecule has 4 rings (SSSR count). The van der Waals surface area contributed by atoms with Crippen LogP contribution in [0, 0.1) is 11.3 Å². The standard InChI is InChI=1S/C47H44O20/c1-2-3-4-5-6-7-8-9-10-35(40(56)57)46(47(43(60)61,44(62)63)45(64)65,27-13-17-29(18-14-27)66-41(58)25-11-21-31(36(48)49)33(23-25)38(52)53)28-15-19-30(20-16-28)67-42(59)26-12-22-32(37(50)51)34(24-26)39(54)55/h11-24,35H,2-10H2,1H3,(H,48,49)(H,50,51)(H,52,53)(H,54,55)(H,56,57)(H,60,61)(H,62,63)(H,64,65). The topological polar surface area (TPSA) is 351 Å². The summed E-state index contributed by atoms with van der Waals surface area (Å²) in [6, 6.07) is 12.7. The monoisotopic (exact) mass is 928 g/mol. The van der Waals surface area contributed by atoms with Gasteiger partial charge in [-0.25, -0.2) is 28.8 Å². The summed E-state index contributed by atoms with van der Waals surface area (Å²) in [7, 11) is 0. The summed E-state index contributed by atoms with van der Waals surface area (Å²) in [6.07, 6.45) is 5.11. The number of carboxylic acid groups (broad SMARTS) is 8. The molecular formula is C47H44O20. The highest BCUT2D eigenvalue weighted by atomic mass is 16.5. The highest BCUT2D eigenvalue weighted by Crippen LogP contribution is 2.55. The van der Waals surface area contributed by atoms with Crippen molar-refractivity contribution in [2.75, 3.05) is 0 Å². The number of hydrogen-bond donors (Lipinski definition) is 8. The summed E-state index contributed by atoms with van der Waals surface area (Å²) < 4.78 is 10.7. The van der Waals surface area contributed by atoms with E-state index in [2.05, 4.69) is 0 Å². The van der Waals surface area contributed by atoms with Gasteiger partial charge in [0.25, 0.3) is 5.41 Å². The molecule has 67 heavy (non-hydrogen) atoms. The summed E-state index contributed by atoms with van der Waals surface area (Å²) in [5, 5.41) is 81.3. The lowest BCUT2D eigenvalue weighted by Gasteiger charge is -2.47. The van der Waals surface area contributed by atoms with Crippen molar-refractivity contribution in [2.45, 2.75) is 70.1 Å². The van der Waals surface area contributed by atoms with Crippen LogP contribution in [0.1, 0.15) is 138 Å². The number of carbonyl (C=O) groups excluding carboxylic acids is 2. The van der Waals surface area contributed by atoms with Gasteiger partial charge in [0.2, 0.25) is 0 Å². The van der Waals surface area contributed by atoms with Crippen LogP contribution in [0.5, 0.6) is 11.5 Å². The molecule has 0 saturated carbocycles. The van der Waals surface area contributed by atoms with Gasteiger partial charge < -0.3 is 50.3 Å². The Morgan fingerprint density at radius 1 is 0.448 bits per heavy atom. The fourth-order valence-corrected chi connectivity index (χ4v) is 8.02. The Bertz CT molecular complexity index is 2420. The maximum atomic E-state index is 13.6. The van der Waals surface area contributed by atoms with Crippen LogP contribution in [0.25, 0.3) is 0 Å². The Balaban J connectivity index is 1.93. The molecule has 0 amide bonds. The Kier molecular flexibility index (Phi) is 16.8. The number of benzene rings is 4. The van der Waals surface area contributed by atoms with E-state index < -0.39 is 127 Å². The number of esters is 2. The SMILES string of the molecule is CCCCCCCCCCC(C(=O)O)C(c1ccc(OC(=O)c2ccc(C(=O)O)c(C(=O)O)c2)cc1)(c1ccc(OC(=O)c2ccc(C(=O)O)c(C(=O)O)c2)cc1)C(C(=O)O)(C(=O)O)C(=O)O. The molecule has 352 valence electrons. The van der Waals surface area contributed by atoms with Crippen LogP contribution in [0.2, 0.25) is 0 Å². The molecule has 0 bridgehead atoms. The molecule has 0 aliphatic rings. The molecule has 4 aromatic rings. The minimum atomic E-state index is -4.05. The first-order chi connectivity index (χ1) is 31.7. The van der Waals surface area contributed by atoms with E-state index >= 15 is 0 Å².